The van der Waals surface area contributed by atoms with E-state index >= 15 is 0 Å². The highest BCUT2D eigenvalue weighted by molar-refractivity contribution is 5.79. The van der Waals surface area contributed by atoms with Gasteiger partial charge in [-0.05, 0) is 25.8 Å². The molecule has 3 N–H and O–H groups in total. The number of carbonyl (C=O) groups excluding carboxylic acids is 1. The lowest BCUT2D eigenvalue weighted by atomic mass is 10.0. The Morgan fingerprint density at radius 3 is 2.73 bits per heavy atom. The van der Waals surface area contributed by atoms with E-state index < -0.39 is 6.10 Å². The molecule has 4 heteroatoms. The van der Waals surface area contributed by atoms with Crippen molar-refractivity contribution in [1.29, 1.82) is 0 Å². The standard InChI is InChI=1S/C11H22N2O2/c1-7(2)10(14)6-13-11(15)9-4-5-12-8(9)3/h7-10,12,14H,4-6H2,1-3H3,(H,13,15). The van der Waals surface area contributed by atoms with Crippen LogP contribution in [-0.4, -0.2) is 36.2 Å². The molecule has 1 amide bonds. The summed E-state index contributed by atoms with van der Waals surface area (Å²) in [6, 6.07) is 0.251. The molecule has 0 aromatic carbocycles. The van der Waals surface area contributed by atoms with Crippen molar-refractivity contribution in [3.8, 4) is 0 Å². The summed E-state index contributed by atoms with van der Waals surface area (Å²) in [5.74, 6) is 0.306. The molecule has 0 aromatic rings. The summed E-state index contributed by atoms with van der Waals surface area (Å²) < 4.78 is 0. The summed E-state index contributed by atoms with van der Waals surface area (Å²) in [6.45, 7) is 7.18. The van der Waals surface area contributed by atoms with E-state index in [1.807, 2.05) is 20.8 Å². The van der Waals surface area contributed by atoms with Crippen LogP contribution in [0.15, 0.2) is 0 Å². The van der Waals surface area contributed by atoms with Crippen molar-refractivity contribution >= 4 is 5.91 Å². The lowest BCUT2D eigenvalue weighted by Gasteiger charge is -2.18. The molecule has 3 unspecified atom stereocenters. The van der Waals surface area contributed by atoms with E-state index in [-0.39, 0.29) is 23.8 Å². The number of aliphatic hydroxyl groups excluding tert-OH is 1. The molecular formula is C11H22N2O2. The second kappa shape index (κ2) is 5.47. The van der Waals surface area contributed by atoms with E-state index in [0.717, 1.165) is 13.0 Å². The zero-order valence-corrected chi connectivity index (χ0v) is 9.79. The lowest BCUT2D eigenvalue weighted by molar-refractivity contribution is -0.125. The maximum atomic E-state index is 11.7. The molecule has 88 valence electrons. The molecule has 0 aromatic heterocycles. The van der Waals surface area contributed by atoms with Gasteiger partial charge in [-0.3, -0.25) is 4.79 Å². The molecule has 1 fully saturated rings. The Bertz CT molecular complexity index is 219. The van der Waals surface area contributed by atoms with Gasteiger partial charge in [0.15, 0.2) is 0 Å². The monoisotopic (exact) mass is 214 g/mol. The van der Waals surface area contributed by atoms with Gasteiger partial charge in [-0.1, -0.05) is 13.8 Å². The third kappa shape index (κ3) is 3.47. The van der Waals surface area contributed by atoms with Crippen molar-refractivity contribution in [2.24, 2.45) is 11.8 Å². The Morgan fingerprint density at radius 1 is 1.60 bits per heavy atom. The number of hydrogen-bond donors (Lipinski definition) is 3. The van der Waals surface area contributed by atoms with Gasteiger partial charge in [0.05, 0.1) is 12.0 Å². The topological polar surface area (TPSA) is 61.4 Å². The molecule has 0 radical (unpaired) electrons. The van der Waals surface area contributed by atoms with Gasteiger partial charge >= 0.3 is 0 Å². The van der Waals surface area contributed by atoms with Crippen molar-refractivity contribution in [2.45, 2.75) is 39.3 Å². The third-order valence-corrected chi connectivity index (χ3v) is 3.12. The van der Waals surface area contributed by atoms with Gasteiger partial charge in [0.2, 0.25) is 5.91 Å². The van der Waals surface area contributed by atoms with Gasteiger partial charge in [-0.15, -0.1) is 0 Å². The van der Waals surface area contributed by atoms with Gasteiger partial charge in [-0.25, -0.2) is 0 Å². The first-order valence-electron chi connectivity index (χ1n) is 5.71. The minimum atomic E-state index is -0.446. The molecule has 1 saturated heterocycles. The first-order valence-corrected chi connectivity index (χ1v) is 5.71. The molecular weight excluding hydrogens is 192 g/mol. The minimum Gasteiger partial charge on any atom is -0.391 e. The van der Waals surface area contributed by atoms with Crippen LogP contribution < -0.4 is 10.6 Å². The van der Waals surface area contributed by atoms with E-state index in [1.165, 1.54) is 0 Å². The summed E-state index contributed by atoms with van der Waals surface area (Å²) in [5, 5.41) is 15.6. The fraction of sp³-hybridized carbons (Fsp3) is 0.909. The van der Waals surface area contributed by atoms with E-state index in [2.05, 4.69) is 10.6 Å². The van der Waals surface area contributed by atoms with Crippen molar-refractivity contribution in [2.75, 3.05) is 13.1 Å². The molecule has 15 heavy (non-hydrogen) atoms. The van der Waals surface area contributed by atoms with Crippen molar-refractivity contribution in [3.63, 3.8) is 0 Å². The smallest absolute Gasteiger partial charge is 0.224 e. The lowest BCUT2D eigenvalue weighted by Crippen LogP contribution is -2.41. The quantitative estimate of drug-likeness (QED) is 0.623. The number of nitrogens with one attached hydrogen (secondary N) is 2. The Balaban J connectivity index is 2.29. The Kier molecular flexibility index (Phi) is 4.54. The predicted molar refractivity (Wildman–Crippen MR) is 59.4 cm³/mol. The molecule has 0 aliphatic carbocycles. The molecule has 4 nitrogen and oxygen atoms in total. The average Bonchev–Trinajstić information content (AvgIpc) is 2.60. The average molecular weight is 214 g/mol. The summed E-state index contributed by atoms with van der Waals surface area (Å²) in [5.41, 5.74) is 0. The minimum absolute atomic E-state index is 0.0596. The van der Waals surface area contributed by atoms with Crippen LogP contribution in [0.3, 0.4) is 0 Å². The fourth-order valence-electron chi connectivity index (χ4n) is 1.79. The third-order valence-electron chi connectivity index (χ3n) is 3.12. The molecule has 3 atom stereocenters. The number of carbonyl (C=O) groups is 1. The zero-order chi connectivity index (χ0) is 11.4. The van der Waals surface area contributed by atoms with E-state index in [1.54, 1.807) is 0 Å². The van der Waals surface area contributed by atoms with Crippen LogP contribution in [0.4, 0.5) is 0 Å². The molecule has 0 saturated carbocycles. The second-order valence-corrected chi connectivity index (χ2v) is 4.69. The van der Waals surface area contributed by atoms with Gasteiger partial charge in [0, 0.05) is 12.6 Å². The highest BCUT2D eigenvalue weighted by atomic mass is 16.3. The van der Waals surface area contributed by atoms with Crippen molar-refractivity contribution in [1.82, 2.24) is 10.6 Å². The Morgan fingerprint density at radius 2 is 2.27 bits per heavy atom. The van der Waals surface area contributed by atoms with Crippen LogP contribution in [-0.2, 0) is 4.79 Å². The Labute approximate surface area is 91.4 Å². The normalized spacial score (nSPS) is 28.1. The number of aliphatic hydroxyl groups is 1. The van der Waals surface area contributed by atoms with Gasteiger partial charge < -0.3 is 15.7 Å². The summed E-state index contributed by atoms with van der Waals surface area (Å²) >= 11 is 0. The molecule has 0 bridgehead atoms. The number of hydrogen-bond acceptors (Lipinski definition) is 3. The van der Waals surface area contributed by atoms with Crippen LogP contribution >= 0.6 is 0 Å². The molecule has 1 rings (SSSR count). The zero-order valence-electron chi connectivity index (χ0n) is 9.79. The summed E-state index contributed by atoms with van der Waals surface area (Å²) in [4.78, 5) is 11.7. The van der Waals surface area contributed by atoms with Gasteiger partial charge in [0.1, 0.15) is 0 Å². The predicted octanol–water partition coefficient (Wildman–Crippen LogP) is 0.118. The van der Waals surface area contributed by atoms with E-state index in [0.29, 0.717) is 6.54 Å². The van der Waals surface area contributed by atoms with E-state index in [9.17, 15) is 9.90 Å². The van der Waals surface area contributed by atoms with Crippen molar-refractivity contribution < 1.29 is 9.90 Å². The molecule has 1 aliphatic heterocycles. The highest BCUT2D eigenvalue weighted by Crippen LogP contribution is 2.14. The maximum absolute atomic E-state index is 11.7. The largest absolute Gasteiger partial charge is 0.391 e. The SMILES string of the molecule is CC(C)C(O)CNC(=O)C1CCNC1C. The van der Waals surface area contributed by atoms with E-state index in [4.69, 9.17) is 0 Å². The summed E-state index contributed by atoms with van der Waals surface area (Å²) in [7, 11) is 0. The maximum Gasteiger partial charge on any atom is 0.224 e. The second-order valence-electron chi connectivity index (χ2n) is 4.69. The highest BCUT2D eigenvalue weighted by Gasteiger charge is 2.29. The molecule has 1 heterocycles. The first-order chi connectivity index (χ1) is 7.02. The van der Waals surface area contributed by atoms with Crippen molar-refractivity contribution in [3.05, 3.63) is 0 Å². The number of rotatable bonds is 4. The van der Waals surface area contributed by atoms with Crippen LogP contribution in [0.2, 0.25) is 0 Å². The fourth-order valence-corrected chi connectivity index (χ4v) is 1.79. The number of amides is 1. The van der Waals surface area contributed by atoms with Crippen LogP contribution in [0, 0.1) is 11.8 Å². The molecule has 1 aliphatic rings. The first kappa shape index (κ1) is 12.5. The van der Waals surface area contributed by atoms with Gasteiger partial charge in [-0.2, -0.15) is 0 Å². The Hall–Kier alpha value is -0.610. The van der Waals surface area contributed by atoms with Gasteiger partial charge in [0.25, 0.3) is 0 Å². The van der Waals surface area contributed by atoms with Crippen LogP contribution in [0.25, 0.3) is 0 Å². The van der Waals surface area contributed by atoms with Crippen LogP contribution in [0.5, 0.6) is 0 Å². The molecule has 0 spiro atoms. The van der Waals surface area contributed by atoms with Crippen LogP contribution in [0.1, 0.15) is 27.2 Å². The summed E-state index contributed by atoms with van der Waals surface area (Å²) in [6.07, 6.45) is 0.448.